The highest BCUT2D eigenvalue weighted by Gasteiger charge is 2.16. The van der Waals surface area contributed by atoms with Gasteiger partial charge >= 0.3 is 0 Å². The molecule has 0 fully saturated rings. The van der Waals surface area contributed by atoms with E-state index in [-0.39, 0.29) is 0 Å². The summed E-state index contributed by atoms with van der Waals surface area (Å²) < 4.78 is 2.17. The zero-order valence-corrected chi connectivity index (χ0v) is 11.5. The second-order valence-electron chi connectivity index (χ2n) is 4.87. The Morgan fingerprint density at radius 2 is 2.11 bits per heavy atom. The second-order valence-corrected chi connectivity index (χ2v) is 4.87. The van der Waals surface area contributed by atoms with Crippen LogP contribution in [0, 0.1) is 6.92 Å². The monoisotopic (exact) mass is 254 g/mol. The Morgan fingerprint density at radius 1 is 1.32 bits per heavy atom. The molecule has 4 heteroatoms. The van der Waals surface area contributed by atoms with E-state index in [0.29, 0.717) is 0 Å². The number of H-pyrrole nitrogens is 1. The Kier molecular flexibility index (Phi) is 2.87. The Bertz CT molecular complexity index is 721. The molecule has 0 bridgehead atoms. The van der Waals surface area contributed by atoms with Crippen molar-refractivity contribution in [1.29, 1.82) is 0 Å². The minimum absolute atomic E-state index is 0.767. The molecule has 0 aliphatic rings. The third-order valence-electron chi connectivity index (χ3n) is 3.53. The van der Waals surface area contributed by atoms with Gasteiger partial charge in [0.1, 0.15) is 0 Å². The summed E-state index contributed by atoms with van der Waals surface area (Å²) >= 11 is 0. The number of nitrogens with one attached hydrogen (secondary N) is 2. The van der Waals surface area contributed by atoms with E-state index < -0.39 is 0 Å². The third-order valence-corrected chi connectivity index (χ3v) is 3.53. The van der Waals surface area contributed by atoms with Gasteiger partial charge in [-0.15, -0.1) is 0 Å². The fourth-order valence-electron chi connectivity index (χ4n) is 2.67. The van der Waals surface area contributed by atoms with E-state index in [4.69, 9.17) is 0 Å². The van der Waals surface area contributed by atoms with Crippen molar-refractivity contribution >= 4 is 10.9 Å². The molecule has 2 heterocycles. The van der Waals surface area contributed by atoms with Crippen LogP contribution in [0.3, 0.4) is 0 Å². The predicted molar refractivity (Wildman–Crippen MR) is 78.0 cm³/mol. The van der Waals surface area contributed by atoms with Gasteiger partial charge < -0.3 is 9.88 Å². The van der Waals surface area contributed by atoms with E-state index in [1.54, 1.807) is 0 Å². The Labute approximate surface area is 112 Å². The van der Waals surface area contributed by atoms with Crippen LogP contribution in [0.1, 0.15) is 11.4 Å². The Hall–Kier alpha value is -2.07. The summed E-state index contributed by atoms with van der Waals surface area (Å²) in [4.78, 5) is 0. The first-order chi connectivity index (χ1) is 9.22. The number of hydrogen-bond donors (Lipinski definition) is 2. The van der Waals surface area contributed by atoms with E-state index >= 15 is 0 Å². The lowest BCUT2D eigenvalue weighted by Crippen LogP contribution is -2.06. The van der Waals surface area contributed by atoms with Crippen LogP contribution in [0.5, 0.6) is 0 Å². The predicted octanol–water partition coefficient (Wildman–Crippen LogP) is 2.60. The molecule has 0 saturated heterocycles. The van der Waals surface area contributed by atoms with Crippen molar-refractivity contribution in [2.24, 2.45) is 7.05 Å². The molecule has 0 aliphatic heterocycles. The smallest absolute Gasteiger partial charge is 0.0841 e. The van der Waals surface area contributed by atoms with Crippen molar-refractivity contribution in [2.75, 3.05) is 7.05 Å². The molecule has 0 saturated carbocycles. The maximum Gasteiger partial charge on any atom is 0.0841 e. The first kappa shape index (κ1) is 12.0. The topological polar surface area (TPSA) is 45.6 Å². The minimum Gasteiger partial charge on any atom is -0.350 e. The van der Waals surface area contributed by atoms with E-state index in [0.717, 1.165) is 17.9 Å². The standard InChI is InChI=1S/C15H18N4/c1-10-15(13(8-16-2)18-17-10)12-9-19(3)14-7-5-4-6-11(12)14/h4-7,9,16H,8H2,1-3H3,(H,17,18). The number of benzene rings is 1. The summed E-state index contributed by atoms with van der Waals surface area (Å²) in [6.07, 6.45) is 2.18. The third kappa shape index (κ3) is 1.85. The summed E-state index contributed by atoms with van der Waals surface area (Å²) in [7, 11) is 4.02. The quantitative estimate of drug-likeness (QED) is 0.754. The maximum absolute atomic E-state index is 4.40. The lowest BCUT2D eigenvalue weighted by atomic mass is 10.0. The van der Waals surface area contributed by atoms with E-state index in [2.05, 4.69) is 64.5 Å². The van der Waals surface area contributed by atoms with Gasteiger partial charge in [0, 0.05) is 47.5 Å². The molecule has 0 unspecified atom stereocenters. The van der Waals surface area contributed by atoms with Crippen LogP contribution >= 0.6 is 0 Å². The molecule has 2 N–H and O–H groups in total. The van der Waals surface area contributed by atoms with Gasteiger partial charge in [-0.25, -0.2) is 0 Å². The van der Waals surface area contributed by atoms with Crippen molar-refractivity contribution in [3.63, 3.8) is 0 Å². The lowest BCUT2D eigenvalue weighted by molar-refractivity contribution is 0.785. The van der Waals surface area contributed by atoms with Crippen LogP contribution in [-0.2, 0) is 13.6 Å². The average Bonchev–Trinajstić information content (AvgIpc) is 2.92. The number of aromatic amines is 1. The summed E-state index contributed by atoms with van der Waals surface area (Å²) in [5.41, 5.74) is 5.88. The molecule has 1 aromatic carbocycles. The summed E-state index contributed by atoms with van der Waals surface area (Å²) in [6, 6.07) is 8.47. The van der Waals surface area contributed by atoms with Gasteiger partial charge in [-0.1, -0.05) is 18.2 Å². The molecule has 0 aliphatic carbocycles. The molecule has 0 radical (unpaired) electrons. The molecule has 3 aromatic rings. The Morgan fingerprint density at radius 3 is 2.89 bits per heavy atom. The number of para-hydroxylation sites is 1. The molecular weight excluding hydrogens is 236 g/mol. The van der Waals surface area contributed by atoms with Crippen molar-refractivity contribution in [3.8, 4) is 11.1 Å². The van der Waals surface area contributed by atoms with Crippen LogP contribution in [0.2, 0.25) is 0 Å². The van der Waals surface area contributed by atoms with Crippen LogP contribution in [0.15, 0.2) is 30.5 Å². The van der Waals surface area contributed by atoms with Crippen molar-refractivity contribution in [2.45, 2.75) is 13.5 Å². The fraction of sp³-hybridized carbons (Fsp3) is 0.267. The van der Waals surface area contributed by atoms with Gasteiger partial charge in [0.05, 0.1) is 5.69 Å². The zero-order valence-electron chi connectivity index (χ0n) is 11.5. The molecule has 0 atom stereocenters. The molecule has 0 spiro atoms. The molecule has 98 valence electrons. The highest BCUT2D eigenvalue weighted by molar-refractivity contribution is 5.97. The van der Waals surface area contributed by atoms with Crippen molar-refractivity contribution in [3.05, 3.63) is 41.9 Å². The summed E-state index contributed by atoms with van der Waals surface area (Å²) in [5.74, 6) is 0. The number of aromatic nitrogens is 3. The van der Waals surface area contributed by atoms with Gasteiger partial charge in [0.15, 0.2) is 0 Å². The number of aryl methyl sites for hydroxylation is 2. The van der Waals surface area contributed by atoms with E-state index in [9.17, 15) is 0 Å². The fourth-order valence-corrected chi connectivity index (χ4v) is 2.67. The molecule has 4 nitrogen and oxygen atoms in total. The number of rotatable bonds is 3. The molecule has 3 rings (SSSR count). The highest BCUT2D eigenvalue weighted by atomic mass is 15.1. The van der Waals surface area contributed by atoms with Crippen LogP contribution in [-0.4, -0.2) is 21.8 Å². The minimum atomic E-state index is 0.767. The van der Waals surface area contributed by atoms with Crippen molar-refractivity contribution < 1.29 is 0 Å². The SMILES string of the molecule is CNCc1n[nH]c(C)c1-c1cn(C)c2ccccc12. The largest absolute Gasteiger partial charge is 0.350 e. The van der Waals surface area contributed by atoms with E-state index in [1.165, 1.54) is 22.0 Å². The van der Waals surface area contributed by atoms with Crippen LogP contribution < -0.4 is 5.32 Å². The first-order valence-electron chi connectivity index (χ1n) is 6.45. The summed E-state index contributed by atoms with van der Waals surface area (Å²) in [5, 5.41) is 11.9. The average molecular weight is 254 g/mol. The van der Waals surface area contributed by atoms with Gasteiger partial charge in [-0.05, 0) is 20.0 Å². The highest BCUT2D eigenvalue weighted by Crippen LogP contribution is 2.33. The summed E-state index contributed by atoms with van der Waals surface area (Å²) in [6.45, 7) is 2.84. The van der Waals surface area contributed by atoms with E-state index in [1.807, 2.05) is 7.05 Å². The Balaban J connectivity index is 2.27. The van der Waals surface area contributed by atoms with Gasteiger partial charge in [0.25, 0.3) is 0 Å². The molecular formula is C15H18N4. The second kappa shape index (κ2) is 4.55. The van der Waals surface area contributed by atoms with Crippen LogP contribution in [0.4, 0.5) is 0 Å². The first-order valence-corrected chi connectivity index (χ1v) is 6.45. The van der Waals surface area contributed by atoms with Gasteiger partial charge in [-0.3, -0.25) is 5.10 Å². The number of hydrogen-bond acceptors (Lipinski definition) is 2. The van der Waals surface area contributed by atoms with Gasteiger partial charge in [0.2, 0.25) is 0 Å². The normalized spacial score (nSPS) is 11.3. The lowest BCUT2D eigenvalue weighted by Gasteiger charge is -2.02. The van der Waals surface area contributed by atoms with Crippen LogP contribution in [0.25, 0.3) is 22.0 Å². The maximum atomic E-state index is 4.40. The molecule has 19 heavy (non-hydrogen) atoms. The number of nitrogens with zero attached hydrogens (tertiary/aromatic N) is 2. The zero-order chi connectivity index (χ0) is 13.4. The molecule has 0 amide bonds. The number of fused-ring (bicyclic) bond motifs is 1. The van der Waals surface area contributed by atoms with Crippen molar-refractivity contribution in [1.82, 2.24) is 20.1 Å². The van der Waals surface area contributed by atoms with Gasteiger partial charge in [-0.2, -0.15) is 5.10 Å². The molecule has 2 aromatic heterocycles.